The Morgan fingerprint density at radius 1 is 1.32 bits per heavy atom. The van der Waals surface area contributed by atoms with Crippen LogP contribution in [-0.2, 0) is 6.61 Å². The average molecular weight is 278 g/mol. The van der Waals surface area contributed by atoms with Crippen LogP contribution in [0.5, 0.6) is 5.75 Å². The standard InChI is InChI=1S/C13H12ClN3O2/c14-10-2-1-3-11(12(10)13(15)17-18)19-8-9-4-6-16-7-5-9/h1-7,18H,8H2,(H2,15,17). The van der Waals surface area contributed by atoms with Gasteiger partial charge in [-0.25, -0.2) is 0 Å². The van der Waals surface area contributed by atoms with Gasteiger partial charge in [0.2, 0.25) is 0 Å². The van der Waals surface area contributed by atoms with Crippen LogP contribution in [0.25, 0.3) is 0 Å². The predicted molar refractivity (Wildman–Crippen MR) is 72.5 cm³/mol. The van der Waals surface area contributed by atoms with Gasteiger partial charge < -0.3 is 15.7 Å². The average Bonchev–Trinajstić information content (AvgIpc) is 2.45. The van der Waals surface area contributed by atoms with Crippen molar-refractivity contribution in [1.29, 1.82) is 0 Å². The van der Waals surface area contributed by atoms with Crippen LogP contribution in [0.3, 0.4) is 0 Å². The summed E-state index contributed by atoms with van der Waals surface area (Å²) in [4.78, 5) is 3.92. The molecule has 1 aromatic heterocycles. The summed E-state index contributed by atoms with van der Waals surface area (Å²) in [5.74, 6) is 0.370. The fraction of sp³-hybridized carbons (Fsp3) is 0.0769. The molecule has 2 aromatic rings. The lowest BCUT2D eigenvalue weighted by molar-refractivity contribution is 0.303. The SMILES string of the molecule is N/C(=N/O)c1c(Cl)cccc1OCc1ccncc1. The fourth-order valence-corrected chi connectivity index (χ4v) is 1.83. The number of hydrogen-bond acceptors (Lipinski definition) is 4. The van der Waals surface area contributed by atoms with Crippen LogP contribution in [0.2, 0.25) is 5.02 Å². The summed E-state index contributed by atoms with van der Waals surface area (Å²) in [6.45, 7) is 0.342. The number of hydrogen-bond donors (Lipinski definition) is 2. The van der Waals surface area contributed by atoms with Gasteiger partial charge in [0.05, 0.1) is 10.6 Å². The molecule has 5 nitrogen and oxygen atoms in total. The van der Waals surface area contributed by atoms with Gasteiger partial charge in [-0.05, 0) is 29.8 Å². The first-order valence-electron chi connectivity index (χ1n) is 5.50. The van der Waals surface area contributed by atoms with Gasteiger partial charge >= 0.3 is 0 Å². The van der Waals surface area contributed by atoms with E-state index in [1.165, 1.54) is 0 Å². The maximum absolute atomic E-state index is 8.76. The van der Waals surface area contributed by atoms with E-state index in [1.807, 2.05) is 12.1 Å². The van der Waals surface area contributed by atoms with Crippen molar-refractivity contribution in [2.45, 2.75) is 6.61 Å². The number of benzene rings is 1. The molecule has 1 aromatic carbocycles. The highest BCUT2D eigenvalue weighted by Gasteiger charge is 2.12. The molecule has 0 amide bonds. The molecule has 2 rings (SSSR count). The van der Waals surface area contributed by atoms with E-state index in [9.17, 15) is 0 Å². The van der Waals surface area contributed by atoms with Crippen LogP contribution < -0.4 is 10.5 Å². The minimum absolute atomic E-state index is 0.0877. The van der Waals surface area contributed by atoms with Crippen molar-refractivity contribution in [1.82, 2.24) is 4.98 Å². The van der Waals surface area contributed by atoms with Gasteiger partial charge in [-0.15, -0.1) is 0 Å². The summed E-state index contributed by atoms with van der Waals surface area (Å²) in [5, 5.41) is 12.1. The monoisotopic (exact) mass is 277 g/mol. The Balaban J connectivity index is 2.23. The molecule has 0 saturated carbocycles. The van der Waals surface area contributed by atoms with Crippen molar-refractivity contribution in [2.24, 2.45) is 10.9 Å². The minimum atomic E-state index is -0.0877. The maximum atomic E-state index is 8.76. The third kappa shape index (κ3) is 3.14. The van der Waals surface area contributed by atoms with Crippen molar-refractivity contribution in [3.05, 3.63) is 58.9 Å². The molecule has 1 heterocycles. The van der Waals surface area contributed by atoms with E-state index >= 15 is 0 Å². The second-order valence-electron chi connectivity index (χ2n) is 3.74. The number of oxime groups is 1. The molecule has 3 N–H and O–H groups in total. The third-order valence-corrected chi connectivity index (χ3v) is 2.80. The lowest BCUT2D eigenvalue weighted by Gasteiger charge is -2.11. The first kappa shape index (κ1) is 13.2. The molecule has 0 fully saturated rings. The highest BCUT2D eigenvalue weighted by Crippen LogP contribution is 2.26. The number of ether oxygens (including phenoxy) is 1. The van der Waals surface area contributed by atoms with Crippen LogP contribution in [0.15, 0.2) is 47.9 Å². The van der Waals surface area contributed by atoms with E-state index in [4.69, 9.17) is 27.3 Å². The lowest BCUT2D eigenvalue weighted by Crippen LogP contribution is -2.15. The van der Waals surface area contributed by atoms with Gasteiger partial charge in [-0.1, -0.05) is 22.8 Å². The van der Waals surface area contributed by atoms with E-state index in [1.54, 1.807) is 30.6 Å². The molecule has 0 aliphatic rings. The molecule has 0 spiro atoms. The van der Waals surface area contributed by atoms with Crippen LogP contribution in [-0.4, -0.2) is 16.0 Å². The van der Waals surface area contributed by atoms with Crippen molar-refractivity contribution < 1.29 is 9.94 Å². The zero-order chi connectivity index (χ0) is 13.7. The van der Waals surface area contributed by atoms with E-state index in [2.05, 4.69) is 10.1 Å². The van der Waals surface area contributed by atoms with E-state index in [0.717, 1.165) is 5.56 Å². The number of pyridine rings is 1. The molecule has 6 heteroatoms. The van der Waals surface area contributed by atoms with Gasteiger partial charge in [0.15, 0.2) is 5.84 Å². The Morgan fingerprint density at radius 3 is 2.74 bits per heavy atom. The predicted octanol–water partition coefficient (Wildman–Crippen LogP) is 2.41. The first-order valence-corrected chi connectivity index (χ1v) is 5.88. The Hall–Kier alpha value is -2.27. The van der Waals surface area contributed by atoms with Crippen molar-refractivity contribution in [3.8, 4) is 5.75 Å². The number of halogens is 1. The zero-order valence-electron chi connectivity index (χ0n) is 9.95. The molecule has 0 saturated heterocycles. The minimum Gasteiger partial charge on any atom is -0.488 e. The highest BCUT2D eigenvalue weighted by molar-refractivity contribution is 6.34. The van der Waals surface area contributed by atoms with Crippen molar-refractivity contribution in [3.63, 3.8) is 0 Å². The van der Waals surface area contributed by atoms with Crippen LogP contribution in [0.4, 0.5) is 0 Å². The number of amidine groups is 1. The molecular weight excluding hydrogens is 266 g/mol. The normalized spacial score (nSPS) is 11.3. The molecule has 0 bridgehead atoms. The van der Waals surface area contributed by atoms with E-state index in [0.29, 0.717) is 22.9 Å². The summed E-state index contributed by atoms with van der Waals surface area (Å²) in [6.07, 6.45) is 3.36. The summed E-state index contributed by atoms with van der Waals surface area (Å²) in [5.41, 5.74) is 6.92. The Morgan fingerprint density at radius 2 is 2.05 bits per heavy atom. The van der Waals surface area contributed by atoms with Gasteiger partial charge in [-0.3, -0.25) is 4.98 Å². The number of nitrogens with two attached hydrogens (primary N) is 1. The van der Waals surface area contributed by atoms with Gasteiger partial charge in [0.25, 0.3) is 0 Å². The van der Waals surface area contributed by atoms with Crippen molar-refractivity contribution >= 4 is 17.4 Å². The van der Waals surface area contributed by atoms with Gasteiger partial charge in [0.1, 0.15) is 12.4 Å². The topological polar surface area (TPSA) is 80.7 Å². The smallest absolute Gasteiger partial charge is 0.175 e. The second kappa shape index (κ2) is 6.06. The fourth-order valence-electron chi connectivity index (χ4n) is 1.56. The second-order valence-corrected chi connectivity index (χ2v) is 4.15. The summed E-state index contributed by atoms with van der Waals surface area (Å²) < 4.78 is 5.64. The Bertz CT molecular complexity index is 588. The molecule has 0 atom stereocenters. The highest BCUT2D eigenvalue weighted by atomic mass is 35.5. The molecule has 19 heavy (non-hydrogen) atoms. The van der Waals surface area contributed by atoms with E-state index < -0.39 is 0 Å². The number of aromatic nitrogens is 1. The summed E-state index contributed by atoms with van der Waals surface area (Å²) >= 11 is 6.02. The zero-order valence-corrected chi connectivity index (χ0v) is 10.7. The first-order chi connectivity index (χ1) is 9.22. The van der Waals surface area contributed by atoms with E-state index in [-0.39, 0.29) is 5.84 Å². The third-order valence-electron chi connectivity index (χ3n) is 2.48. The van der Waals surface area contributed by atoms with Crippen molar-refractivity contribution in [2.75, 3.05) is 0 Å². The number of rotatable bonds is 4. The molecule has 98 valence electrons. The molecular formula is C13H12ClN3O2. The molecule has 0 radical (unpaired) electrons. The lowest BCUT2D eigenvalue weighted by atomic mass is 10.2. The quantitative estimate of drug-likeness (QED) is 0.389. The van der Waals surface area contributed by atoms with Gasteiger partial charge in [0, 0.05) is 12.4 Å². The molecule has 0 aliphatic heterocycles. The van der Waals surface area contributed by atoms with Crippen LogP contribution >= 0.6 is 11.6 Å². The number of nitrogens with zero attached hydrogens (tertiary/aromatic N) is 2. The summed E-state index contributed by atoms with van der Waals surface area (Å²) in [7, 11) is 0. The maximum Gasteiger partial charge on any atom is 0.175 e. The van der Waals surface area contributed by atoms with Crippen LogP contribution in [0, 0.1) is 0 Å². The molecule has 0 unspecified atom stereocenters. The Kier molecular flexibility index (Phi) is 4.20. The Labute approximate surface area is 115 Å². The largest absolute Gasteiger partial charge is 0.488 e. The van der Waals surface area contributed by atoms with Gasteiger partial charge in [-0.2, -0.15) is 0 Å². The summed E-state index contributed by atoms with van der Waals surface area (Å²) in [6, 6.07) is 8.77. The molecule has 0 aliphatic carbocycles. The van der Waals surface area contributed by atoms with Crippen LogP contribution in [0.1, 0.15) is 11.1 Å².